The fraction of sp³-hybridized carbons (Fsp3) is 0.200. The van der Waals surface area contributed by atoms with E-state index in [-0.39, 0.29) is 5.57 Å². The van der Waals surface area contributed by atoms with Gasteiger partial charge in [-0.25, -0.2) is 0 Å². The van der Waals surface area contributed by atoms with E-state index in [0.717, 1.165) is 15.8 Å². The number of carbonyl (C=O) groups excluding carboxylic acids is 1. The maximum Gasteiger partial charge on any atom is 0.266 e. The van der Waals surface area contributed by atoms with Gasteiger partial charge in [-0.1, -0.05) is 31.5 Å². The SMILES string of the molecule is CC(C)COc1ccc(/C=C(\C#N)C(=O)Nc2ccc(Cl)cc2)cc1Br. The normalized spacial score (nSPS) is 11.2. The van der Waals surface area contributed by atoms with E-state index in [4.69, 9.17) is 16.3 Å². The average Bonchev–Trinajstić information content (AvgIpc) is 2.60. The van der Waals surface area contributed by atoms with Crippen molar-refractivity contribution >= 4 is 45.2 Å². The molecular formula is C20H18BrClN2O2. The van der Waals surface area contributed by atoms with Crippen LogP contribution in [0.3, 0.4) is 0 Å². The number of nitrogens with zero attached hydrogens (tertiary/aromatic N) is 1. The third-order valence-corrected chi connectivity index (χ3v) is 4.18. The molecular weight excluding hydrogens is 416 g/mol. The molecule has 1 amide bonds. The summed E-state index contributed by atoms with van der Waals surface area (Å²) in [6.07, 6.45) is 1.53. The van der Waals surface area contributed by atoms with Gasteiger partial charge in [-0.2, -0.15) is 5.26 Å². The number of hydrogen-bond donors (Lipinski definition) is 1. The lowest BCUT2D eigenvalue weighted by Crippen LogP contribution is -2.13. The van der Waals surface area contributed by atoms with Crippen LogP contribution in [0.5, 0.6) is 5.75 Å². The van der Waals surface area contributed by atoms with Crippen LogP contribution < -0.4 is 10.1 Å². The second-order valence-corrected chi connectivity index (χ2v) is 7.32. The van der Waals surface area contributed by atoms with Gasteiger partial charge >= 0.3 is 0 Å². The molecule has 0 heterocycles. The van der Waals surface area contributed by atoms with Crippen LogP contribution in [-0.2, 0) is 4.79 Å². The third kappa shape index (κ3) is 5.91. The Labute approximate surface area is 166 Å². The van der Waals surface area contributed by atoms with E-state index < -0.39 is 5.91 Å². The summed E-state index contributed by atoms with van der Waals surface area (Å²) in [6, 6.07) is 14.0. The quantitative estimate of drug-likeness (QED) is 0.470. The molecule has 0 fully saturated rings. The van der Waals surface area contributed by atoms with Gasteiger partial charge in [0.1, 0.15) is 17.4 Å². The van der Waals surface area contributed by atoms with Gasteiger partial charge in [0.25, 0.3) is 5.91 Å². The van der Waals surface area contributed by atoms with Gasteiger partial charge in [-0.05, 0) is 69.9 Å². The first kappa shape index (κ1) is 20.0. The summed E-state index contributed by atoms with van der Waals surface area (Å²) in [5.41, 5.74) is 1.29. The number of hydrogen-bond acceptors (Lipinski definition) is 3. The average molecular weight is 434 g/mol. The number of benzene rings is 2. The van der Waals surface area contributed by atoms with Crippen LogP contribution in [0.25, 0.3) is 6.08 Å². The van der Waals surface area contributed by atoms with Gasteiger partial charge < -0.3 is 10.1 Å². The van der Waals surface area contributed by atoms with Crippen molar-refractivity contribution < 1.29 is 9.53 Å². The van der Waals surface area contributed by atoms with Crippen molar-refractivity contribution in [2.45, 2.75) is 13.8 Å². The molecule has 1 N–H and O–H groups in total. The van der Waals surface area contributed by atoms with Crippen LogP contribution in [-0.4, -0.2) is 12.5 Å². The molecule has 0 atom stereocenters. The fourth-order valence-corrected chi connectivity index (χ4v) is 2.66. The lowest BCUT2D eigenvalue weighted by molar-refractivity contribution is -0.112. The minimum Gasteiger partial charge on any atom is -0.492 e. The van der Waals surface area contributed by atoms with Crippen molar-refractivity contribution in [3.8, 4) is 11.8 Å². The zero-order valence-corrected chi connectivity index (χ0v) is 16.8. The Kier molecular flexibility index (Phi) is 7.26. The van der Waals surface area contributed by atoms with E-state index in [0.29, 0.717) is 23.2 Å². The molecule has 134 valence electrons. The zero-order chi connectivity index (χ0) is 19.1. The predicted octanol–water partition coefficient (Wildman–Crippen LogP) is 5.68. The van der Waals surface area contributed by atoms with Gasteiger partial charge in [0.05, 0.1) is 11.1 Å². The van der Waals surface area contributed by atoms with Gasteiger partial charge in [-0.15, -0.1) is 0 Å². The summed E-state index contributed by atoms with van der Waals surface area (Å²) < 4.78 is 6.46. The lowest BCUT2D eigenvalue weighted by atomic mass is 10.1. The summed E-state index contributed by atoms with van der Waals surface area (Å²) >= 11 is 9.28. The first-order chi connectivity index (χ1) is 12.4. The van der Waals surface area contributed by atoms with E-state index in [1.165, 1.54) is 6.08 Å². The molecule has 0 saturated heterocycles. The number of nitriles is 1. The Balaban J connectivity index is 2.14. The molecule has 0 spiro atoms. The molecule has 2 rings (SSSR count). The molecule has 0 saturated carbocycles. The van der Waals surface area contributed by atoms with Crippen molar-refractivity contribution in [1.29, 1.82) is 5.26 Å². The number of rotatable bonds is 6. The minimum atomic E-state index is -0.480. The highest BCUT2D eigenvalue weighted by Crippen LogP contribution is 2.27. The largest absolute Gasteiger partial charge is 0.492 e. The molecule has 2 aromatic carbocycles. The van der Waals surface area contributed by atoms with E-state index >= 15 is 0 Å². The minimum absolute atomic E-state index is 0.00250. The monoisotopic (exact) mass is 432 g/mol. The molecule has 2 aromatic rings. The first-order valence-corrected chi connectivity index (χ1v) is 9.17. The Bertz CT molecular complexity index is 855. The van der Waals surface area contributed by atoms with Crippen molar-refractivity contribution in [2.24, 2.45) is 5.92 Å². The van der Waals surface area contributed by atoms with Crippen molar-refractivity contribution in [2.75, 3.05) is 11.9 Å². The summed E-state index contributed by atoms with van der Waals surface area (Å²) in [5.74, 6) is 0.661. The highest BCUT2D eigenvalue weighted by atomic mass is 79.9. The number of nitrogens with one attached hydrogen (secondary N) is 1. The Morgan fingerprint density at radius 2 is 2.00 bits per heavy atom. The summed E-state index contributed by atoms with van der Waals surface area (Å²) in [7, 11) is 0. The molecule has 0 aliphatic heterocycles. The molecule has 0 aromatic heterocycles. The topological polar surface area (TPSA) is 62.1 Å². The highest BCUT2D eigenvalue weighted by molar-refractivity contribution is 9.10. The second-order valence-electron chi connectivity index (χ2n) is 6.03. The van der Waals surface area contributed by atoms with Gasteiger partial charge in [0, 0.05) is 10.7 Å². The lowest BCUT2D eigenvalue weighted by Gasteiger charge is -2.11. The first-order valence-electron chi connectivity index (χ1n) is 8.00. The molecule has 0 aliphatic rings. The molecule has 0 aliphatic carbocycles. The highest BCUT2D eigenvalue weighted by Gasteiger charge is 2.10. The van der Waals surface area contributed by atoms with Crippen LogP contribution in [0.15, 0.2) is 52.5 Å². The van der Waals surface area contributed by atoms with E-state index in [9.17, 15) is 10.1 Å². The number of amides is 1. The van der Waals surface area contributed by atoms with E-state index in [1.54, 1.807) is 30.3 Å². The van der Waals surface area contributed by atoms with Crippen molar-refractivity contribution in [3.05, 3.63) is 63.1 Å². The van der Waals surface area contributed by atoms with Gasteiger partial charge in [-0.3, -0.25) is 4.79 Å². The molecule has 0 unspecified atom stereocenters. The number of ether oxygens (including phenoxy) is 1. The van der Waals surface area contributed by atoms with Crippen LogP contribution in [0, 0.1) is 17.2 Å². The smallest absolute Gasteiger partial charge is 0.266 e. The van der Waals surface area contributed by atoms with Gasteiger partial charge in [0.15, 0.2) is 0 Å². The number of carbonyl (C=O) groups is 1. The Morgan fingerprint density at radius 3 is 2.58 bits per heavy atom. The van der Waals surface area contributed by atoms with Crippen LogP contribution in [0.4, 0.5) is 5.69 Å². The second kappa shape index (κ2) is 9.42. The van der Waals surface area contributed by atoms with Gasteiger partial charge in [0.2, 0.25) is 0 Å². The molecule has 0 bridgehead atoms. The van der Waals surface area contributed by atoms with E-state index in [2.05, 4.69) is 35.1 Å². The standard InChI is InChI=1S/C20H18BrClN2O2/c1-13(2)12-26-19-8-3-14(10-18(19)21)9-15(11-23)20(25)24-17-6-4-16(22)5-7-17/h3-10,13H,12H2,1-2H3,(H,24,25)/b15-9+. The van der Waals surface area contributed by atoms with Crippen molar-refractivity contribution in [3.63, 3.8) is 0 Å². The molecule has 26 heavy (non-hydrogen) atoms. The molecule has 6 heteroatoms. The predicted molar refractivity (Wildman–Crippen MR) is 108 cm³/mol. The third-order valence-electron chi connectivity index (χ3n) is 3.31. The summed E-state index contributed by atoms with van der Waals surface area (Å²) in [4.78, 5) is 12.3. The molecule has 0 radical (unpaired) electrons. The number of anilines is 1. The summed E-state index contributed by atoms with van der Waals surface area (Å²) in [5, 5.41) is 12.6. The van der Waals surface area contributed by atoms with Crippen LogP contribution >= 0.6 is 27.5 Å². The number of halogens is 2. The summed E-state index contributed by atoms with van der Waals surface area (Å²) in [6.45, 7) is 4.76. The molecule has 4 nitrogen and oxygen atoms in total. The Morgan fingerprint density at radius 1 is 1.31 bits per heavy atom. The van der Waals surface area contributed by atoms with Crippen LogP contribution in [0.2, 0.25) is 5.02 Å². The van der Waals surface area contributed by atoms with Crippen LogP contribution in [0.1, 0.15) is 19.4 Å². The van der Waals surface area contributed by atoms with Crippen molar-refractivity contribution in [1.82, 2.24) is 0 Å². The Hall–Kier alpha value is -2.29. The zero-order valence-electron chi connectivity index (χ0n) is 14.4. The maximum absolute atomic E-state index is 12.3. The maximum atomic E-state index is 12.3. The fourth-order valence-electron chi connectivity index (χ4n) is 2.03. The van der Waals surface area contributed by atoms with E-state index in [1.807, 2.05) is 18.2 Å².